The zero-order chi connectivity index (χ0) is 26.1. The van der Waals surface area contributed by atoms with Gasteiger partial charge in [-0.25, -0.2) is 4.98 Å². The summed E-state index contributed by atoms with van der Waals surface area (Å²) in [6, 6.07) is 13.6. The number of hydrogen-bond donors (Lipinski definition) is 2. The van der Waals surface area contributed by atoms with Gasteiger partial charge in [-0.15, -0.1) is 0 Å². The van der Waals surface area contributed by atoms with Crippen molar-refractivity contribution in [1.29, 1.82) is 0 Å². The smallest absolute Gasteiger partial charge is 0.252 e. The Labute approximate surface area is 212 Å². The number of aromatic nitrogens is 4. The first-order valence-electron chi connectivity index (χ1n) is 11.8. The van der Waals surface area contributed by atoms with Crippen LogP contribution in [0, 0.1) is 5.92 Å². The Balaban J connectivity index is 1.43. The van der Waals surface area contributed by atoms with Gasteiger partial charge in [-0.05, 0) is 42.3 Å². The average molecular weight is 503 g/mol. The molecule has 1 aromatic carbocycles. The Kier molecular flexibility index (Phi) is 6.34. The minimum atomic E-state index is -0.584. The van der Waals surface area contributed by atoms with E-state index >= 15 is 0 Å². The molecular weight excluding hydrogens is 476 g/mol. The fraction of sp³-hybridized carbons (Fsp3) is 0.269. The van der Waals surface area contributed by atoms with Crippen LogP contribution < -0.4 is 20.5 Å². The third kappa shape index (κ3) is 4.88. The maximum absolute atomic E-state index is 13.3. The van der Waals surface area contributed by atoms with Crippen molar-refractivity contribution in [1.82, 2.24) is 19.7 Å². The fourth-order valence-electron chi connectivity index (χ4n) is 4.16. The van der Waals surface area contributed by atoms with Gasteiger partial charge >= 0.3 is 0 Å². The fourth-order valence-corrected chi connectivity index (χ4v) is 4.16. The molecule has 0 bridgehead atoms. The summed E-state index contributed by atoms with van der Waals surface area (Å²) in [5, 5.41) is 7.40. The van der Waals surface area contributed by atoms with Crippen LogP contribution in [0.25, 0.3) is 17.4 Å². The van der Waals surface area contributed by atoms with Gasteiger partial charge in [-0.3, -0.25) is 19.4 Å². The number of H-pyrrole nitrogens is 1. The van der Waals surface area contributed by atoms with Crippen LogP contribution in [0.5, 0.6) is 5.75 Å². The molecule has 1 saturated heterocycles. The van der Waals surface area contributed by atoms with E-state index in [4.69, 9.17) is 9.15 Å². The van der Waals surface area contributed by atoms with Crippen LogP contribution >= 0.6 is 0 Å². The van der Waals surface area contributed by atoms with E-state index in [2.05, 4.69) is 20.4 Å². The van der Waals surface area contributed by atoms with E-state index in [0.717, 1.165) is 0 Å². The van der Waals surface area contributed by atoms with Gasteiger partial charge in [0.2, 0.25) is 17.8 Å². The van der Waals surface area contributed by atoms with E-state index in [1.54, 1.807) is 54.5 Å². The van der Waals surface area contributed by atoms with Crippen molar-refractivity contribution in [3.05, 3.63) is 70.8 Å². The Morgan fingerprint density at radius 1 is 1.19 bits per heavy atom. The second-order valence-corrected chi connectivity index (χ2v) is 9.05. The van der Waals surface area contributed by atoms with Crippen molar-refractivity contribution < 1.29 is 18.7 Å². The van der Waals surface area contributed by atoms with Gasteiger partial charge in [-0.1, -0.05) is 13.8 Å². The minimum Gasteiger partial charge on any atom is -0.497 e. The number of rotatable bonds is 7. The Morgan fingerprint density at radius 3 is 2.65 bits per heavy atom. The molecule has 1 unspecified atom stereocenters. The van der Waals surface area contributed by atoms with E-state index < -0.39 is 5.92 Å². The molecule has 4 heterocycles. The molecule has 0 radical (unpaired) electrons. The average Bonchev–Trinajstić information content (AvgIpc) is 3.64. The summed E-state index contributed by atoms with van der Waals surface area (Å²) in [6.07, 6.45) is 1.58. The maximum atomic E-state index is 13.3. The normalized spacial score (nSPS) is 15.4. The van der Waals surface area contributed by atoms with Crippen molar-refractivity contribution in [2.45, 2.75) is 26.2 Å². The number of amides is 2. The number of ether oxygens (including phenoxy) is 1. The maximum Gasteiger partial charge on any atom is 0.252 e. The second-order valence-electron chi connectivity index (χ2n) is 9.05. The largest absolute Gasteiger partial charge is 0.497 e. The molecule has 1 aliphatic heterocycles. The number of hydrogen-bond acceptors (Lipinski definition) is 7. The number of benzene rings is 1. The van der Waals surface area contributed by atoms with Crippen molar-refractivity contribution >= 4 is 23.3 Å². The van der Waals surface area contributed by atoms with Crippen molar-refractivity contribution in [2.75, 3.05) is 23.9 Å². The van der Waals surface area contributed by atoms with Crippen LogP contribution in [0.3, 0.4) is 0 Å². The lowest BCUT2D eigenvalue weighted by molar-refractivity contribution is -0.122. The van der Waals surface area contributed by atoms with Gasteiger partial charge in [0.15, 0.2) is 5.76 Å². The number of carbonyl (C=O) groups is 2. The summed E-state index contributed by atoms with van der Waals surface area (Å²) >= 11 is 0. The molecule has 0 aliphatic carbocycles. The van der Waals surface area contributed by atoms with Crippen LogP contribution in [-0.4, -0.2) is 45.2 Å². The van der Waals surface area contributed by atoms with E-state index in [1.165, 1.54) is 17.0 Å². The molecule has 2 N–H and O–H groups in total. The topological polar surface area (TPSA) is 135 Å². The highest BCUT2D eigenvalue weighted by Crippen LogP contribution is 2.29. The molecule has 190 valence electrons. The summed E-state index contributed by atoms with van der Waals surface area (Å²) < 4.78 is 12.0. The van der Waals surface area contributed by atoms with Crippen LogP contribution in [0.2, 0.25) is 0 Å². The number of nitrogens with zero attached hydrogens (tertiary/aromatic N) is 4. The monoisotopic (exact) mass is 502 g/mol. The first kappa shape index (κ1) is 24.0. The lowest BCUT2D eigenvalue weighted by Gasteiger charge is -2.17. The Hall–Kier alpha value is -4.67. The van der Waals surface area contributed by atoms with Crippen molar-refractivity contribution in [3.63, 3.8) is 0 Å². The number of furan rings is 1. The molecule has 4 aromatic rings. The first-order valence-corrected chi connectivity index (χ1v) is 11.8. The summed E-state index contributed by atoms with van der Waals surface area (Å²) in [4.78, 5) is 47.1. The van der Waals surface area contributed by atoms with Gasteiger partial charge in [0.25, 0.3) is 5.56 Å². The molecule has 3 aromatic heterocycles. The predicted octanol–water partition coefficient (Wildman–Crippen LogP) is 3.34. The lowest BCUT2D eigenvalue weighted by Crippen LogP contribution is -2.29. The van der Waals surface area contributed by atoms with Crippen LogP contribution in [0.15, 0.2) is 64.0 Å². The summed E-state index contributed by atoms with van der Waals surface area (Å²) in [5.74, 6) is 0.538. The van der Waals surface area contributed by atoms with Gasteiger partial charge in [0.1, 0.15) is 17.3 Å². The molecule has 0 spiro atoms. The van der Waals surface area contributed by atoms with Gasteiger partial charge in [0, 0.05) is 30.8 Å². The number of anilines is 2. The first-order chi connectivity index (χ1) is 17.8. The van der Waals surface area contributed by atoms with Gasteiger partial charge < -0.3 is 19.4 Å². The minimum absolute atomic E-state index is 0.00707. The van der Waals surface area contributed by atoms with E-state index in [-0.39, 0.29) is 48.0 Å². The Morgan fingerprint density at radius 2 is 1.97 bits per heavy atom. The molecule has 0 saturated carbocycles. The summed E-state index contributed by atoms with van der Waals surface area (Å²) in [7, 11) is 1.57. The quantitative estimate of drug-likeness (QED) is 0.396. The van der Waals surface area contributed by atoms with E-state index in [0.29, 0.717) is 28.6 Å². The molecule has 5 rings (SSSR count). The zero-order valence-electron chi connectivity index (χ0n) is 20.6. The van der Waals surface area contributed by atoms with Crippen molar-refractivity contribution in [2.24, 2.45) is 5.92 Å². The standard InChI is InChI=1S/C26H26N6O5/c1-15(2)19-13-23(33)29-26(27-19)32-22(12-20(30-32)21-5-4-10-37-21)28-25(35)16-11-24(34)31(14-16)17-6-8-18(36-3)9-7-17/h4-10,12-13,15-16H,11,14H2,1-3H3,(H,28,35)(H,27,29,33). The lowest BCUT2D eigenvalue weighted by atomic mass is 10.1. The van der Waals surface area contributed by atoms with Gasteiger partial charge in [0.05, 0.1) is 25.0 Å². The number of aromatic amines is 1. The SMILES string of the molecule is COc1ccc(N2CC(C(=O)Nc3cc(-c4ccco4)nn3-c3nc(C(C)C)cc(=O)[nH]3)CC2=O)cc1. The number of methoxy groups -OCH3 is 1. The number of carbonyl (C=O) groups excluding carboxylic acids is 2. The van der Waals surface area contributed by atoms with E-state index in [1.807, 2.05) is 13.8 Å². The molecule has 11 nitrogen and oxygen atoms in total. The highest BCUT2D eigenvalue weighted by Gasteiger charge is 2.35. The van der Waals surface area contributed by atoms with Crippen LogP contribution in [0.1, 0.15) is 31.9 Å². The number of nitrogens with one attached hydrogen (secondary N) is 2. The van der Waals surface area contributed by atoms with E-state index in [9.17, 15) is 14.4 Å². The Bertz CT molecular complexity index is 1490. The molecule has 1 fully saturated rings. The highest BCUT2D eigenvalue weighted by molar-refractivity contribution is 6.03. The van der Waals surface area contributed by atoms with Crippen LogP contribution in [0.4, 0.5) is 11.5 Å². The van der Waals surface area contributed by atoms with Gasteiger partial charge in [-0.2, -0.15) is 9.78 Å². The predicted molar refractivity (Wildman–Crippen MR) is 136 cm³/mol. The molecular formula is C26H26N6O5. The highest BCUT2D eigenvalue weighted by atomic mass is 16.5. The zero-order valence-corrected chi connectivity index (χ0v) is 20.6. The molecule has 1 aliphatic rings. The summed E-state index contributed by atoms with van der Waals surface area (Å²) in [5.41, 5.74) is 1.39. The molecule has 2 amide bonds. The molecule has 11 heteroatoms. The van der Waals surface area contributed by atoms with Crippen molar-refractivity contribution in [3.8, 4) is 23.2 Å². The molecule has 37 heavy (non-hydrogen) atoms. The third-order valence-electron chi connectivity index (χ3n) is 6.16. The second kappa shape index (κ2) is 9.76. The van der Waals surface area contributed by atoms with Crippen LogP contribution in [-0.2, 0) is 9.59 Å². The molecule has 1 atom stereocenters. The third-order valence-corrected chi connectivity index (χ3v) is 6.16. The summed E-state index contributed by atoms with van der Waals surface area (Å²) in [6.45, 7) is 4.09.